The van der Waals surface area contributed by atoms with Crippen LogP contribution >= 0.6 is 11.3 Å². The van der Waals surface area contributed by atoms with E-state index in [1.165, 1.54) is 30.6 Å². The third-order valence-corrected chi connectivity index (χ3v) is 5.63. The smallest absolute Gasteiger partial charge is 0.273 e. The van der Waals surface area contributed by atoms with Gasteiger partial charge in [0.05, 0.1) is 10.6 Å². The lowest BCUT2D eigenvalue weighted by Crippen LogP contribution is -2.42. The predicted molar refractivity (Wildman–Crippen MR) is 90.1 cm³/mol. The van der Waals surface area contributed by atoms with Gasteiger partial charge in [-0.2, -0.15) is 5.10 Å². The number of nitrogens with zero attached hydrogens (tertiary/aromatic N) is 2. The van der Waals surface area contributed by atoms with Crippen molar-refractivity contribution in [1.82, 2.24) is 20.6 Å². The van der Waals surface area contributed by atoms with Crippen LogP contribution in [0.4, 0.5) is 0 Å². The molecule has 0 spiro atoms. The van der Waals surface area contributed by atoms with Crippen LogP contribution in [-0.2, 0) is 11.8 Å². The molecule has 1 aliphatic carbocycles. The molecule has 1 fully saturated rings. The van der Waals surface area contributed by atoms with Gasteiger partial charge in [0.25, 0.3) is 5.91 Å². The Morgan fingerprint density at radius 2 is 2.04 bits per heavy atom. The highest BCUT2D eigenvalue weighted by Crippen LogP contribution is 2.28. The van der Waals surface area contributed by atoms with Crippen LogP contribution in [-0.4, -0.2) is 21.6 Å². The van der Waals surface area contributed by atoms with Crippen LogP contribution in [0.25, 0.3) is 10.2 Å². The van der Waals surface area contributed by atoms with E-state index < -0.39 is 0 Å². The number of rotatable bonds is 3. The number of aryl methyl sites for hydroxylation is 2. The van der Waals surface area contributed by atoms with E-state index in [9.17, 15) is 9.59 Å². The molecule has 2 N–H and O–H groups in total. The minimum absolute atomic E-state index is 0.107. The fourth-order valence-electron chi connectivity index (χ4n) is 3.21. The largest absolute Gasteiger partial charge is 0.279 e. The monoisotopic (exact) mass is 334 g/mol. The van der Waals surface area contributed by atoms with Gasteiger partial charge >= 0.3 is 0 Å². The van der Waals surface area contributed by atoms with Crippen molar-refractivity contribution in [3.63, 3.8) is 0 Å². The summed E-state index contributed by atoms with van der Waals surface area (Å²) < 4.78 is 1.77. The standard InChI is InChI=1S/C16H22N4O2S/c1-10-12-9-13(23-16(12)20(2)19-10)15(22)18-17-14(21)8-11-6-4-3-5-7-11/h9,11H,3-8H2,1-2H3,(H,17,21)(H,18,22). The SMILES string of the molecule is Cc1nn(C)c2sc(C(=O)NNC(=O)CC3CCCCC3)cc12. The van der Waals surface area contributed by atoms with E-state index in [0.717, 1.165) is 28.8 Å². The zero-order valence-electron chi connectivity index (χ0n) is 13.5. The molecule has 1 saturated carbocycles. The summed E-state index contributed by atoms with van der Waals surface area (Å²) in [6.45, 7) is 1.92. The molecule has 0 atom stereocenters. The first-order chi connectivity index (χ1) is 11.0. The molecule has 0 bridgehead atoms. The molecular formula is C16H22N4O2S. The number of hydrogen-bond donors (Lipinski definition) is 2. The fraction of sp³-hybridized carbons (Fsp3) is 0.562. The van der Waals surface area contributed by atoms with Gasteiger partial charge in [-0.05, 0) is 31.7 Å². The van der Waals surface area contributed by atoms with E-state index in [0.29, 0.717) is 17.2 Å². The molecule has 0 unspecified atom stereocenters. The lowest BCUT2D eigenvalue weighted by molar-refractivity contribution is -0.123. The Hall–Kier alpha value is -1.89. The highest BCUT2D eigenvalue weighted by Gasteiger charge is 2.18. The first-order valence-electron chi connectivity index (χ1n) is 8.07. The van der Waals surface area contributed by atoms with E-state index in [-0.39, 0.29) is 11.8 Å². The number of hydrogen-bond acceptors (Lipinski definition) is 4. The van der Waals surface area contributed by atoms with Crippen LogP contribution in [0.5, 0.6) is 0 Å². The van der Waals surface area contributed by atoms with Gasteiger partial charge in [-0.1, -0.05) is 19.3 Å². The van der Waals surface area contributed by atoms with Crippen LogP contribution < -0.4 is 10.9 Å². The summed E-state index contributed by atoms with van der Waals surface area (Å²) in [7, 11) is 1.86. The summed E-state index contributed by atoms with van der Waals surface area (Å²) in [6, 6.07) is 1.82. The number of carbonyl (C=O) groups is 2. The maximum absolute atomic E-state index is 12.2. The second-order valence-electron chi connectivity index (χ2n) is 6.25. The average molecular weight is 334 g/mol. The van der Waals surface area contributed by atoms with Crippen molar-refractivity contribution in [3.8, 4) is 0 Å². The van der Waals surface area contributed by atoms with Crippen LogP contribution in [0.1, 0.15) is 53.9 Å². The molecule has 2 amide bonds. The summed E-state index contributed by atoms with van der Waals surface area (Å²) in [5.74, 6) is 0.0745. The first kappa shape index (κ1) is 16.0. The Kier molecular flexibility index (Phi) is 4.66. The third kappa shape index (κ3) is 3.55. The number of aromatic nitrogens is 2. The average Bonchev–Trinajstić information content (AvgIpc) is 3.08. The number of carbonyl (C=O) groups excluding carboxylic acids is 2. The molecule has 1 aliphatic rings. The van der Waals surface area contributed by atoms with Crippen LogP contribution in [0.15, 0.2) is 6.07 Å². The Labute approximate surface area is 139 Å². The van der Waals surface area contributed by atoms with Gasteiger partial charge in [-0.15, -0.1) is 11.3 Å². The van der Waals surface area contributed by atoms with Crippen molar-refractivity contribution >= 4 is 33.4 Å². The second kappa shape index (κ2) is 6.70. The quantitative estimate of drug-likeness (QED) is 0.847. The van der Waals surface area contributed by atoms with E-state index >= 15 is 0 Å². The van der Waals surface area contributed by atoms with Gasteiger partial charge in [0, 0.05) is 18.9 Å². The van der Waals surface area contributed by atoms with Crippen LogP contribution in [0.3, 0.4) is 0 Å². The Morgan fingerprint density at radius 1 is 1.30 bits per heavy atom. The maximum atomic E-state index is 12.2. The van der Waals surface area contributed by atoms with Gasteiger partial charge in [0.15, 0.2) is 0 Å². The molecule has 3 rings (SSSR count). The lowest BCUT2D eigenvalue weighted by Gasteiger charge is -2.20. The zero-order valence-corrected chi connectivity index (χ0v) is 14.3. The minimum atomic E-state index is -0.275. The topological polar surface area (TPSA) is 76.0 Å². The summed E-state index contributed by atoms with van der Waals surface area (Å²) >= 11 is 1.38. The van der Waals surface area contributed by atoms with E-state index in [1.54, 1.807) is 4.68 Å². The van der Waals surface area contributed by atoms with Crippen molar-refractivity contribution in [1.29, 1.82) is 0 Å². The normalized spacial score (nSPS) is 15.7. The van der Waals surface area contributed by atoms with E-state index in [1.807, 2.05) is 20.0 Å². The van der Waals surface area contributed by atoms with Crippen LogP contribution in [0, 0.1) is 12.8 Å². The molecule has 2 heterocycles. The van der Waals surface area contributed by atoms with Crippen molar-refractivity contribution < 1.29 is 9.59 Å². The Morgan fingerprint density at radius 3 is 2.74 bits per heavy atom. The highest BCUT2D eigenvalue weighted by molar-refractivity contribution is 7.20. The van der Waals surface area contributed by atoms with Gasteiger partial charge in [-0.25, -0.2) is 0 Å². The molecule has 2 aromatic rings. The van der Waals surface area contributed by atoms with Crippen LogP contribution in [0.2, 0.25) is 0 Å². The van der Waals surface area contributed by atoms with Gasteiger partial charge in [0.1, 0.15) is 4.83 Å². The highest BCUT2D eigenvalue weighted by atomic mass is 32.1. The lowest BCUT2D eigenvalue weighted by atomic mass is 9.87. The summed E-state index contributed by atoms with van der Waals surface area (Å²) in [5.41, 5.74) is 5.96. The zero-order chi connectivity index (χ0) is 16.4. The second-order valence-corrected chi connectivity index (χ2v) is 7.28. The van der Waals surface area contributed by atoms with Crippen molar-refractivity contribution in [2.75, 3.05) is 0 Å². The third-order valence-electron chi connectivity index (χ3n) is 4.43. The number of nitrogens with one attached hydrogen (secondary N) is 2. The number of amides is 2. The first-order valence-corrected chi connectivity index (χ1v) is 8.88. The Balaban J connectivity index is 1.55. The molecule has 0 saturated heterocycles. The molecule has 0 aliphatic heterocycles. The molecule has 124 valence electrons. The molecule has 23 heavy (non-hydrogen) atoms. The van der Waals surface area contributed by atoms with Crippen molar-refractivity contribution in [3.05, 3.63) is 16.6 Å². The molecule has 6 nitrogen and oxygen atoms in total. The summed E-state index contributed by atoms with van der Waals surface area (Å²) in [6.07, 6.45) is 6.41. The molecule has 2 aromatic heterocycles. The van der Waals surface area contributed by atoms with Crippen molar-refractivity contribution in [2.24, 2.45) is 13.0 Å². The molecule has 0 aromatic carbocycles. The fourth-order valence-corrected chi connectivity index (χ4v) is 4.23. The van der Waals surface area contributed by atoms with E-state index in [4.69, 9.17) is 0 Å². The molecule has 0 radical (unpaired) electrons. The minimum Gasteiger partial charge on any atom is -0.273 e. The Bertz CT molecular complexity index is 693. The van der Waals surface area contributed by atoms with Gasteiger partial charge in [0.2, 0.25) is 5.91 Å². The maximum Gasteiger partial charge on any atom is 0.279 e. The molecule has 7 heteroatoms. The number of fused-ring (bicyclic) bond motifs is 1. The van der Waals surface area contributed by atoms with E-state index in [2.05, 4.69) is 16.0 Å². The summed E-state index contributed by atoms with van der Waals surface area (Å²) in [4.78, 5) is 25.7. The predicted octanol–water partition coefficient (Wildman–Crippen LogP) is 2.67. The number of thiophene rings is 1. The van der Waals surface area contributed by atoms with Gasteiger partial charge < -0.3 is 0 Å². The molecular weight excluding hydrogens is 312 g/mol. The van der Waals surface area contributed by atoms with Crippen molar-refractivity contribution in [2.45, 2.75) is 45.4 Å². The van der Waals surface area contributed by atoms with Gasteiger partial charge in [-0.3, -0.25) is 25.1 Å². The number of hydrazine groups is 1. The summed E-state index contributed by atoms with van der Waals surface area (Å²) in [5, 5.41) is 5.30.